The largest absolute Gasteiger partial charge is 0.462 e. The Hall–Kier alpha value is -2.89. The molecule has 1 aromatic heterocycles. The van der Waals surface area contributed by atoms with Gasteiger partial charge in [-0.3, -0.25) is 9.98 Å². The molecule has 0 spiro atoms. The molecule has 1 aliphatic rings. The van der Waals surface area contributed by atoms with Gasteiger partial charge in [0.1, 0.15) is 35.9 Å². The Morgan fingerprint density at radius 2 is 2.00 bits per heavy atom. The number of aryl methyl sites for hydroxylation is 1. The number of nitrogens with zero attached hydrogens (tertiary/aromatic N) is 3. The summed E-state index contributed by atoms with van der Waals surface area (Å²) in [6.45, 7) is 1.24. The van der Waals surface area contributed by atoms with Crippen molar-refractivity contribution in [3.05, 3.63) is 53.9 Å². The van der Waals surface area contributed by atoms with Gasteiger partial charge in [0, 0.05) is 6.20 Å². The fraction of sp³-hybridized carbons (Fsp3) is 0.350. The van der Waals surface area contributed by atoms with Crippen molar-refractivity contribution in [3.63, 3.8) is 0 Å². The summed E-state index contributed by atoms with van der Waals surface area (Å²) < 4.78 is 11.0. The van der Waals surface area contributed by atoms with Crippen molar-refractivity contribution in [2.45, 2.75) is 37.6 Å². The van der Waals surface area contributed by atoms with Gasteiger partial charge in [0.2, 0.25) is 6.29 Å². The maximum absolute atomic E-state index is 10.1. The van der Waals surface area contributed by atoms with E-state index in [0.29, 0.717) is 28.4 Å². The monoisotopic (exact) mass is 416 g/mol. The van der Waals surface area contributed by atoms with Gasteiger partial charge < -0.3 is 35.7 Å². The number of hydrogen-bond acceptors (Lipinski definition) is 10. The van der Waals surface area contributed by atoms with E-state index in [9.17, 15) is 20.4 Å². The Bertz CT molecular complexity index is 905. The van der Waals surface area contributed by atoms with E-state index < -0.39 is 37.3 Å². The Balaban J connectivity index is 1.72. The number of ether oxygens (including phenoxy) is 2. The molecule has 1 aromatic carbocycles. The molecule has 1 fully saturated rings. The van der Waals surface area contributed by atoms with E-state index in [0.717, 1.165) is 0 Å². The lowest BCUT2D eigenvalue weighted by Crippen LogP contribution is -2.60. The first-order chi connectivity index (χ1) is 14.4. The van der Waals surface area contributed by atoms with E-state index >= 15 is 0 Å². The van der Waals surface area contributed by atoms with Crippen LogP contribution in [0.5, 0.6) is 5.75 Å². The van der Waals surface area contributed by atoms with E-state index in [4.69, 9.17) is 15.3 Å². The van der Waals surface area contributed by atoms with Gasteiger partial charge in [-0.25, -0.2) is 0 Å². The van der Waals surface area contributed by atoms with Crippen molar-refractivity contribution in [1.82, 2.24) is 4.98 Å². The maximum Gasteiger partial charge on any atom is 0.229 e. The normalized spacial score (nSPS) is 27.4. The van der Waals surface area contributed by atoms with Gasteiger partial charge in [0.15, 0.2) is 0 Å². The molecule has 30 heavy (non-hydrogen) atoms. The smallest absolute Gasteiger partial charge is 0.229 e. The molecule has 3 rings (SSSR count). The minimum atomic E-state index is -1.51. The van der Waals surface area contributed by atoms with Crippen LogP contribution < -0.4 is 10.6 Å². The zero-order valence-corrected chi connectivity index (χ0v) is 16.2. The molecule has 1 aliphatic heterocycles. The van der Waals surface area contributed by atoms with Crippen LogP contribution in [-0.4, -0.2) is 74.6 Å². The molecule has 0 amide bonds. The molecular weight excluding hydrogens is 392 g/mol. The maximum atomic E-state index is 10.1. The average Bonchev–Trinajstić information content (AvgIpc) is 2.76. The zero-order chi connectivity index (χ0) is 21.7. The van der Waals surface area contributed by atoms with E-state index in [2.05, 4.69) is 15.1 Å². The first kappa shape index (κ1) is 21.8. The second-order valence-electron chi connectivity index (χ2n) is 6.75. The average molecular weight is 416 g/mol. The molecule has 6 N–H and O–H groups in total. The molecule has 0 bridgehead atoms. The van der Waals surface area contributed by atoms with Gasteiger partial charge in [-0.2, -0.15) is 5.10 Å². The number of aromatic nitrogens is 1. The Morgan fingerprint density at radius 3 is 2.63 bits per heavy atom. The summed E-state index contributed by atoms with van der Waals surface area (Å²) in [6.07, 6.45) is -3.61. The fourth-order valence-electron chi connectivity index (χ4n) is 2.95. The summed E-state index contributed by atoms with van der Waals surface area (Å²) in [7, 11) is 0. The standard InChI is InChI=1S/C20H24N4O6/c1-11-8-12(23-9-14(24-21)13-4-2-3-7-22-13)5-6-15(11)29-20-19(28)18(27)17(26)16(10-25)30-20/h2-9,16-20,25-28H,10,21H2,1H3. The molecule has 5 atom stereocenters. The number of nitrogens with two attached hydrogens (primary N) is 1. The Morgan fingerprint density at radius 1 is 1.20 bits per heavy atom. The van der Waals surface area contributed by atoms with Crippen LogP contribution in [0.3, 0.4) is 0 Å². The Labute approximate surface area is 172 Å². The molecular formula is C20H24N4O6. The van der Waals surface area contributed by atoms with Gasteiger partial charge in [0.25, 0.3) is 0 Å². The van der Waals surface area contributed by atoms with Crippen molar-refractivity contribution >= 4 is 17.6 Å². The quantitative estimate of drug-likeness (QED) is 0.242. The molecule has 5 unspecified atom stereocenters. The van der Waals surface area contributed by atoms with Gasteiger partial charge in [0.05, 0.1) is 24.2 Å². The number of benzene rings is 1. The molecule has 0 aliphatic carbocycles. The van der Waals surface area contributed by atoms with Crippen molar-refractivity contribution in [2.75, 3.05) is 6.61 Å². The van der Waals surface area contributed by atoms with E-state index in [1.54, 1.807) is 43.5 Å². The summed E-state index contributed by atoms with van der Waals surface area (Å²) in [4.78, 5) is 8.52. The number of hydrogen-bond donors (Lipinski definition) is 5. The van der Waals surface area contributed by atoms with Crippen LogP contribution in [0, 0.1) is 6.92 Å². The van der Waals surface area contributed by atoms with E-state index in [-0.39, 0.29) is 0 Å². The molecule has 160 valence electrons. The third-order valence-corrected chi connectivity index (χ3v) is 4.65. The number of hydrazone groups is 1. The van der Waals surface area contributed by atoms with Gasteiger partial charge in [-0.05, 0) is 42.8 Å². The third kappa shape index (κ3) is 4.81. The van der Waals surface area contributed by atoms with Gasteiger partial charge >= 0.3 is 0 Å². The number of rotatable bonds is 6. The summed E-state index contributed by atoms with van der Waals surface area (Å²) in [5, 5.41) is 42.8. The first-order valence-electron chi connectivity index (χ1n) is 9.25. The predicted molar refractivity (Wildman–Crippen MR) is 109 cm³/mol. The van der Waals surface area contributed by atoms with Crippen LogP contribution >= 0.6 is 0 Å². The number of pyridine rings is 1. The number of aliphatic imine (C=N–C) groups is 1. The second-order valence-corrected chi connectivity index (χ2v) is 6.75. The minimum Gasteiger partial charge on any atom is -0.462 e. The van der Waals surface area contributed by atoms with Crippen molar-refractivity contribution in [2.24, 2.45) is 15.9 Å². The summed E-state index contributed by atoms with van der Waals surface area (Å²) in [5.74, 6) is 5.81. The zero-order valence-electron chi connectivity index (χ0n) is 16.2. The van der Waals surface area contributed by atoms with Crippen LogP contribution in [0.25, 0.3) is 0 Å². The van der Waals surface area contributed by atoms with Crippen LogP contribution in [0.1, 0.15) is 11.3 Å². The van der Waals surface area contributed by atoms with E-state index in [1.807, 2.05) is 6.07 Å². The minimum absolute atomic E-state index is 0.385. The van der Waals surface area contributed by atoms with Crippen LogP contribution in [0.4, 0.5) is 5.69 Å². The highest BCUT2D eigenvalue weighted by Gasteiger charge is 2.44. The third-order valence-electron chi connectivity index (χ3n) is 4.65. The molecule has 0 saturated carbocycles. The second kappa shape index (κ2) is 9.74. The fourth-order valence-corrected chi connectivity index (χ4v) is 2.95. The summed E-state index contributed by atoms with van der Waals surface area (Å²) >= 11 is 0. The molecule has 10 nitrogen and oxygen atoms in total. The molecule has 0 radical (unpaired) electrons. The van der Waals surface area contributed by atoms with Crippen molar-refractivity contribution < 1.29 is 29.9 Å². The highest BCUT2D eigenvalue weighted by molar-refractivity contribution is 6.37. The van der Waals surface area contributed by atoms with Gasteiger partial charge in [-0.1, -0.05) is 6.07 Å². The highest BCUT2D eigenvalue weighted by atomic mass is 16.7. The lowest BCUT2D eigenvalue weighted by atomic mass is 9.99. The Kier molecular flexibility index (Phi) is 7.08. The molecule has 2 heterocycles. The van der Waals surface area contributed by atoms with Crippen LogP contribution in [0.15, 0.2) is 52.7 Å². The lowest BCUT2D eigenvalue weighted by molar-refractivity contribution is -0.277. The van der Waals surface area contributed by atoms with Crippen molar-refractivity contribution in [1.29, 1.82) is 0 Å². The van der Waals surface area contributed by atoms with Crippen molar-refractivity contribution in [3.8, 4) is 5.75 Å². The predicted octanol–water partition coefficient (Wildman–Crippen LogP) is -0.366. The molecule has 2 aromatic rings. The van der Waals surface area contributed by atoms with Crippen LogP contribution in [0.2, 0.25) is 0 Å². The van der Waals surface area contributed by atoms with Gasteiger partial charge in [-0.15, -0.1) is 0 Å². The SMILES string of the molecule is Cc1cc(N=CC(=NN)c2ccccn2)ccc1OC1OC(CO)C(O)C(O)C1O. The van der Waals surface area contributed by atoms with Crippen LogP contribution in [-0.2, 0) is 4.74 Å². The molecule has 1 saturated heterocycles. The molecule has 10 heteroatoms. The topological polar surface area (TPSA) is 163 Å². The van der Waals surface area contributed by atoms with E-state index in [1.165, 1.54) is 6.21 Å². The summed E-state index contributed by atoms with van der Waals surface area (Å²) in [6, 6.07) is 10.4. The lowest BCUT2D eigenvalue weighted by Gasteiger charge is -2.39. The summed E-state index contributed by atoms with van der Waals surface area (Å²) in [5.41, 5.74) is 2.29. The first-order valence-corrected chi connectivity index (χ1v) is 9.25. The highest BCUT2D eigenvalue weighted by Crippen LogP contribution is 2.28. The number of aliphatic hydroxyl groups excluding tert-OH is 4. The number of aliphatic hydroxyl groups is 4.